The molecule has 0 saturated heterocycles. The third kappa shape index (κ3) is 2.85. The molecule has 0 bridgehead atoms. The van der Waals surface area contributed by atoms with Gasteiger partial charge in [-0.2, -0.15) is 0 Å². The van der Waals surface area contributed by atoms with Crippen LogP contribution in [-0.4, -0.2) is 19.1 Å². The SMILES string of the molecule is COc1ccc(N)cc1OC1=CN(C)C=CC=C1. The minimum absolute atomic E-state index is 0.601. The van der Waals surface area contributed by atoms with Crippen LogP contribution in [0.4, 0.5) is 5.69 Å². The Morgan fingerprint density at radius 2 is 2.00 bits per heavy atom. The zero-order valence-electron chi connectivity index (χ0n) is 10.5. The molecule has 1 aliphatic heterocycles. The molecule has 0 saturated carbocycles. The number of nitrogens with two attached hydrogens (primary N) is 1. The first kappa shape index (κ1) is 12.1. The summed E-state index contributed by atoms with van der Waals surface area (Å²) in [6.45, 7) is 0. The van der Waals surface area contributed by atoms with Gasteiger partial charge in [0, 0.05) is 31.2 Å². The van der Waals surface area contributed by atoms with E-state index >= 15 is 0 Å². The third-order valence-electron chi connectivity index (χ3n) is 2.44. The number of anilines is 1. The molecule has 2 rings (SSSR count). The summed E-state index contributed by atoms with van der Waals surface area (Å²) in [7, 11) is 3.53. The number of hydrogen-bond donors (Lipinski definition) is 1. The quantitative estimate of drug-likeness (QED) is 0.830. The highest BCUT2D eigenvalue weighted by Crippen LogP contribution is 2.30. The van der Waals surface area contributed by atoms with Gasteiger partial charge in [0.15, 0.2) is 11.5 Å². The second-order valence-corrected chi connectivity index (χ2v) is 3.91. The van der Waals surface area contributed by atoms with Gasteiger partial charge in [0.05, 0.1) is 7.11 Å². The maximum absolute atomic E-state index is 5.80. The highest BCUT2D eigenvalue weighted by atomic mass is 16.5. The van der Waals surface area contributed by atoms with Crippen molar-refractivity contribution < 1.29 is 9.47 Å². The zero-order chi connectivity index (χ0) is 13.0. The van der Waals surface area contributed by atoms with Crippen molar-refractivity contribution in [2.75, 3.05) is 19.9 Å². The molecule has 94 valence electrons. The van der Waals surface area contributed by atoms with Crippen LogP contribution in [-0.2, 0) is 0 Å². The molecular formula is C14H16N2O2. The van der Waals surface area contributed by atoms with Crippen LogP contribution in [0.2, 0.25) is 0 Å². The molecular weight excluding hydrogens is 228 g/mol. The molecule has 0 aliphatic carbocycles. The summed E-state index contributed by atoms with van der Waals surface area (Å²) < 4.78 is 11.0. The lowest BCUT2D eigenvalue weighted by molar-refractivity contribution is 0.363. The predicted octanol–water partition coefficient (Wildman–Crippen LogP) is 2.51. The number of methoxy groups -OCH3 is 1. The van der Waals surface area contributed by atoms with E-state index in [1.807, 2.05) is 42.6 Å². The zero-order valence-corrected chi connectivity index (χ0v) is 10.5. The molecule has 0 atom stereocenters. The number of rotatable bonds is 3. The maximum Gasteiger partial charge on any atom is 0.171 e. The fourth-order valence-electron chi connectivity index (χ4n) is 1.58. The molecule has 0 fully saturated rings. The van der Waals surface area contributed by atoms with Crippen LogP contribution in [0, 0.1) is 0 Å². The smallest absolute Gasteiger partial charge is 0.171 e. The molecule has 0 aromatic heterocycles. The van der Waals surface area contributed by atoms with E-state index in [-0.39, 0.29) is 0 Å². The van der Waals surface area contributed by atoms with Gasteiger partial charge in [-0.1, -0.05) is 6.08 Å². The van der Waals surface area contributed by atoms with Gasteiger partial charge in [-0.15, -0.1) is 0 Å². The minimum Gasteiger partial charge on any atom is -0.493 e. The Hall–Kier alpha value is -2.36. The number of allylic oxidation sites excluding steroid dienone is 3. The first-order chi connectivity index (χ1) is 8.69. The molecule has 4 nitrogen and oxygen atoms in total. The molecule has 0 amide bonds. The number of hydrogen-bond acceptors (Lipinski definition) is 4. The molecule has 1 heterocycles. The van der Waals surface area contributed by atoms with Crippen molar-refractivity contribution in [3.63, 3.8) is 0 Å². The fraction of sp³-hybridized carbons (Fsp3) is 0.143. The molecule has 2 N–H and O–H groups in total. The Morgan fingerprint density at radius 1 is 1.17 bits per heavy atom. The average Bonchev–Trinajstić information content (AvgIpc) is 2.54. The van der Waals surface area contributed by atoms with Gasteiger partial charge in [-0.3, -0.25) is 0 Å². The Morgan fingerprint density at radius 3 is 2.78 bits per heavy atom. The summed E-state index contributed by atoms with van der Waals surface area (Å²) in [5.41, 5.74) is 6.38. The van der Waals surface area contributed by atoms with Gasteiger partial charge >= 0.3 is 0 Å². The summed E-state index contributed by atoms with van der Waals surface area (Å²) in [5.74, 6) is 1.97. The maximum atomic E-state index is 5.80. The van der Waals surface area contributed by atoms with Crippen LogP contribution >= 0.6 is 0 Å². The van der Waals surface area contributed by atoms with Crippen LogP contribution in [0.1, 0.15) is 0 Å². The molecule has 4 heteroatoms. The van der Waals surface area contributed by atoms with Crippen molar-refractivity contribution in [3.8, 4) is 11.5 Å². The van der Waals surface area contributed by atoms with E-state index in [0.29, 0.717) is 22.9 Å². The summed E-state index contributed by atoms with van der Waals surface area (Å²) >= 11 is 0. The van der Waals surface area contributed by atoms with E-state index < -0.39 is 0 Å². The average molecular weight is 244 g/mol. The van der Waals surface area contributed by atoms with Crippen LogP contribution in [0.5, 0.6) is 11.5 Å². The Balaban J connectivity index is 2.26. The first-order valence-corrected chi connectivity index (χ1v) is 5.59. The summed E-state index contributed by atoms with van der Waals surface area (Å²) in [5, 5.41) is 0. The van der Waals surface area contributed by atoms with Crippen molar-refractivity contribution >= 4 is 5.69 Å². The molecule has 1 aliphatic rings. The molecule has 0 unspecified atom stereocenters. The lowest BCUT2D eigenvalue weighted by Gasteiger charge is -2.13. The largest absolute Gasteiger partial charge is 0.493 e. The van der Waals surface area contributed by atoms with Gasteiger partial charge in [0.2, 0.25) is 0 Å². The van der Waals surface area contributed by atoms with Crippen LogP contribution < -0.4 is 15.2 Å². The topological polar surface area (TPSA) is 47.7 Å². The second kappa shape index (κ2) is 5.31. The van der Waals surface area contributed by atoms with E-state index in [0.717, 1.165) is 0 Å². The van der Waals surface area contributed by atoms with Crippen LogP contribution in [0.3, 0.4) is 0 Å². The molecule has 1 aromatic rings. The number of ether oxygens (including phenoxy) is 2. The van der Waals surface area contributed by atoms with E-state index in [4.69, 9.17) is 15.2 Å². The lowest BCUT2D eigenvalue weighted by atomic mass is 10.3. The monoisotopic (exact) mass is 244 g/mol. The molecule has 18 heavy (non-hydrogen) atoms. The summed E-state index contributed by atoms with van der Waals surface area (Å²) in [6.07, 6.45) is 9.53. The number of benzene rings is 1. The van der Waals surface area contributed by atoms with Crippen molar-refractivity contribution in [1.29, 1.82) is 0 Å². The van der Waals surface area contributed by atoms with Gasteiger partial charge in [-0.25, -0.2) is 0 Å². The Labute approximate surface area is 107 Å². The van der Waals surface area contributed by atoms with Crippen molar-refractivity contribution in [3.05, 3.63) is 54.6 Å². The third-order valence-corrected chi connectivity index (χ3v) is 2.44. The van der Waals surface area contributed by atoms with Gasteiger partial charge < -0.3 is 20.1 Å². The van der Waals surface area contributed by atoms with Gasteiger partial charge in [0.25, 0.3) is 0 Å². The number of nitrogens with zero attached hydrogens (tertiary/aromatic N) is 1. The van der Waals surface area contributed by atoms with E-state index in [2.05, 4.69) is 0 Å². The Kier molecular flexibility index (Phi) is 3.57. The summed E-state index contributed by atoms with van der Waals surface area (Å²) in [4.78, 5) is 1.91. The standard InChI is InChI=1S/C14H16N2O2/c1-16-8-4-3-5-12(10-16)18-14-9-11(15)6-7-13(14)17-2/h3-10H,15H2,1-2H3. The normalized spacial score (nSPS) is 14.1. The van der Waals surface area contributed by atoms with E-state index in [1.165, 1.54) is 0 Å². The Bertz CT molecular complexity index is 519. The van der Waals surface area contributed by atoms with Gasteiger partial charge in [-0.05, 0) is 24.3 Å². The van der Waals surface area contributed by atoms with Crippen molar-refractivity contribution in [1.82, 2.24) is 4.90 Å². The highest BCUT2D eigenvalue weighted by Gasteiger charge is 2.07. The van der Waals surface area contributed by atoms with Crippen molar-refractivity contribution in [2.45, 2.75) is 0 Å². The lowest BCUT2D eigenvalue weighted by Crippen LogP contribution is -2.04. The fourth-order valence-corrected chi connectivity index (χ4v) is 1.58. The summed E-state index contributed by atoms with van der Waals surface area (Å²) in [6, 6.07) is 5.30. The number of nitrogen functional groups attached to an aromatic ring is 1. The van der Waals surface area contributed by atoms with E-state index in [1.54, 1.807) is 25.3 Å². The highest BCUT2D eigenvalue weighted by molar-refractivity contribution is 5.52. The van der Waals surface area contributed by atoms with Crippen LogP contribution in [0.15, 0.2) is 54.6 Å². The van der Waals surface area contributed by atoms with E-state index in [9.17, 15) is 0 Å². The van der Waals surface area contributed by atoms with Gasteiger partial charge in [0.1, 0.15) is 5.76 Å². The molecule has 0 radical (unpaired) electrons. The minimum atomic E-state index is 0.601. The van der Waals surface area contributed by atoms with Crippen LogP contribution in [0.25, 0.3) is 0 Å². The predicted molar refractivity (Wildman–Crippen MR) is 72.2 cm³/mol. The second-order valence-electron chi connectivity index (χ2n) is 3.91. The molecule has 0 spiro atoms. The first-order valence-electron chi connectivity index (χ1n) is 5.59. The van der Waals surface area contributed by atoms with Crippen molar-refractivity contribution in [2.24, 2.45) is 0 Å². The molecule has 1 aromatic carbocycles.